The summed E-state index contributed by atoms with van der Waals surface area (Å²) in [4.78, 5) is 11.7. The summed E-state index contributed by atoms with van der Waals surface area (Å²) in [5, 5.41) is 9.19. The molecule has 1 fully saturated rings. The maximum absolute atomic E-state index is 11.7. The summed E-state index contributed by atoms with van der Waals surface area (Å²) >= 11 is 0. The van der Waals surface area contributed by atoms with Crippen LogP contribution in [0.3, 0.4) is 0 Å². The molecule has 0 bridgehead atoms. The van der Waals surface area contributed by atoms with Crippen molar-refractivity contribution in [1.82, 2.24) is 0 Å². The first-order chi connectivity index (χ1) is 8.77. The summed E-state index contributed by atoms with van der Waals surface area (Å²) in [7, 11) is 0. The van der Waals surface area contributed by atoms with Gasteiger partial charge in [-0.3, -0.25) is 4.79 Å². The Balaban J connectivity index is 1.79. The number of rotatable bonds is 5. The molecule has 18 heavy (non-hydrogen) atoms. The van der Waals surface area contributed by atoms with Gasteiger partial charge >= 0.3 is 0 Å². The number of nitriles is 1. The predicted molar refractivity (Wildman–Crippen MR) is 68.1 cm³/mol. The highest BCUT2D eigenvalue weighted by atomic mass is 16.5. The monoisotopic (exact) mass is 243 g/mol. The van der Waals surface area contributed by atoms with Crippen molar-refractivity contribution in [3.05, 3.63) is 30.3 Å². The number of carbonyl (C=O) groups excluding carboxylic acids is 1. The van der Waals surface area contributed by atoms with E-state index in [1.165, 1.54) is 0 Å². The van der Waals surface area contributed by atoms with Gasteiger partial charge in [0.25, 0.3) is 0 Å². The maximum atomic E-state index is 11.7. The number of benzene rings is 1. The SMILES string of the molecule is N#CC1(CCCOc2ccccc2)CCCC1=O. The molecule has 1 atom stereocenters. The van der Waals surface area contributed by atoms with Gasteiger partial charge < -0.3 is 4.74 Å². The molecule has 3 heteroatoms. The molecule has 1 aliphatic carbocycles. The highest BCUT2D eigenvalue weighted by molar-refractivity contribution is 5.89. The Bertz CT molecular complexity index is 449. The van der Waals surface area contributed by atoms with E-state index in [-0.39, 0.29) is 5.78 Å². The maximum Gasteiger partial charge on any atom is 0.153 e. The zero-order valence-corrected chi connectivity index (χ0v) is 10.4. The summed E-state index contributed by atoms with van der Waals surface area (Å²) in [5.41, 5.74) is -0.722. The molecule has 1 aliphatic rings. The van der Waals surface area contributed by atoms with Crippen molar-refractivity contribution in [2.24, 2.45) is 5.41 Å². The van der Waals surface area contributed by atoms with Gasteiger partial charge in [0.05, 0.1) is 12.7 Å². The van der Waals surface area contributed by atoms with Gasteiger partial charge in [0.15, 0.2) is 5.78 Å². The lowest BCUT2D eigenvalue weighted by atomic mass is 9.82. The number of ether oxygens (including phenoxy) is 1. The molecule has 1 aromatic rings. The fourth-order valence-corrected chi connectivity index (χ4v) is 2.45. The van der Waals surface area contributed by atoms with Crippen LogP contribution in [0.4, 0.5) is 0 Å². The summed E-state index contributed by atoms with van der Waals surface area (Å²) in [5.74, 6) is 0.950. The highest BCUT2D eigenvalue weighted by Gasteiger charge is 2.41. The average molecular weight is 243 g/mol. The second-order valence-electron chi connectivity index (χ2n) is 4.74. The molecule has 0 radical (unpaired) electrons. The fraction of sp³-hybridized carbons (Fsp3) is 0.467. The van der Waals surface area contributed by atoms with E-state index in [9.17, 15) is 10.1 Å². The third-order valence-corrected chi connectivity index (χ3v) is 3.51. The number of hydrogen-bond donors (Lipinski definition) is 0. The van der Waals surface area contributed by atoms with E-state index in [4.69, 9.17) is 4.74 Å². The zero-order valence-electron chi connectivity index (χ0n) is 10.4. The molecule has 1 unspecified atom stereocenters. The van der Waals surface area contributed by atoms with Crippen LogP contribution in [0.2, 0.25) is 0 Å². The van der Waals surface area contributed by atoms with Gasteiger partial charge in [0, 0.05) is 6.42 Å². The smallest absolute Gasteiger partial charge is 0.153 e. The average Bonchev–Trinajstić information content (AvgIpc) is 2.78. The molecule has 0 heterocycles. The minimum absolute atomic E-state index is 0.115. The summed E-state index contributed by atoms with van der Waals surface area (Å²) in [6.07, 6.45) is 3.50. The molecule has 0 N–H and O–H groups in total. The van der Waals surface area contributed by atoms with Crippen molar-refractivity contribution in [3.63, 3.8) is 0 Å². The van der Waals surface area contributed by atoms with Crippen molar-refractivity contribution in [2.45, 2.75) is 32.1 Å². The minimum atomic E-state index is -0.722. The molecular formula is C15H17NO2. The molecule has 0 spiro atoms. The number of para-hydroxylation sites is 1. The van der Waals surface area contributed by atoms with E-state index in [0.29, 0.717) is 25.9 Å². The first kappa shape index (κ1) is 12.6. The van der Waals surface area contributed by atoms with Crippen LogP contribution in [-0.2, 0) is 4.79 Å². The van der Waals surface area contributed by atoms with Gasteiger partial charge in [0.2, 0.25) is 0 Å². The number of nitrogens with zero attached hydrogens (tertiary/aromatic N) is 1. The van der Waals surface area contributed by atoms with E-state index in [1.54, 1.807) is 0 Å². The third kappa shape index (κ3) is 2.70. The van der Waals surface area contributed by atoms with Gasteiger partial charge in [-0.05, 0) is 37.8 Å². The van der Waals surface area contributed by atoms with Crippen LogP contribution in [0.1, 0.15) is 32.1 Å². The topological polar surface area (TPSA) is 50.1 Å². The number of carbonyl (C=O) groups is 1. The van der Waals surface area contributed by atoms with Crippen LogP contribution in [-0.4, -0.2) is 12.4 Å². The predicted octanol–water partition coefficient (Wildman–Crippen LogP) is 3.11. The molecule has 0 aliphatic heterocycles. The molecule has 0 amide bonds. The fourth-order valence-electron chi connectivity index (χ4n) is 2.45. The Morgan fingerprint density at radius 1 is 1.33 bits per heavy atom. The van der Waals surface area contributed by atoms with Crippen LogP contribution in [0.15, 0.2) is 30.3 Å². The lowest BCUT2D eigenvalue weighted by molar-refractivity contribution is -0.123. The number of ketones is 1. The largest absolute Gasteiger partial charge is 0.494 e. The molecule has 3 nitrogen and oxygen atoms in total. The first-order valence-corrected chi connectivity index (χ1v) is 6.39. The van der Waals surface area contributed by atoms with Gasteiger partial charge in [-0.2, -0.15) is 5.26 Å². The van der Waals surface area contributed by atoms with E-state index < -0.39 is 5.41 Å². The Kier molecular flexibility index (Phi) is 3.99. The Morgan fingerprint density at radius 3 is 2.72 bits per heavy atom. The zero-order chi connectivity index (χ0) is 12.8. The van der Waals surface area contributed by atoms with Gasteiger partial charge in [0.1, 0.15) is 11.2 Å². The van der Waals surface area contributed by atoms with Crippen molar-refractivity contribution in [3.8, 4) is 11.8 Å². The van der Waals surface area contributed by atoms with Crippen molar-refractivity contribution in [2.75, 3.05) is 6.61 Å². The minimum Gasteiger partial charge on any atom is -0.494 e. The van der Waals surface area contributed by atoms with Crippen LogP contribution in [0, 0.1) is 16.7 Å². The molecular weight excluding hydrogens is 226 g/mol. The molecule has 0 saturated heterocycles. The second kappa shape index (κ2) is 5.68. The lowest BCUT2D eigenvalue weighted by Gasteiger charge is -2.18. The van der Waals surface area contributed by atoms with Gasteiger partial charge in [-0.1, -0.05) is 18.2 Å². The standard InChI is InChI=1S/C15H17NO2/c16-12-15(9-4-8-14(15)17)10-5-11-18-13-6-2-1-3-7-13/h1-3,6-7H,4-5,8-11H2. The Morgan fingerprint density at radius 2 is 2.11 bits per heavy atom. The van der Waals surface area contributed by atoms with Crippen molar-refractivity contribution < 1.29 is 9.53 Å². The third-order valence-electron chi connectivity index (χ3n) is 3.51. The van der Waals surface area contributed by atoms with Crippen molar-refractivity contribution >= 4 is 5.78 Å². The van der Waals surface area contributed by atoms with E-state index in [0.717, 1.165) is 18.6 Å². The van der Waals surface area contributed by atoms with Crippen LogP contribution in [0.25, 0.3) is 0 Å². The summed E-state index contributed by atoms with van der Waals surface area (Å²) < 4.78 is 5.57. The van der Waals surface area contributed by atoms with Crippen LogP contribution >= 0.6 is 0 Å². The summed E-state index contributed by atoms with van der Waals surface area (Å²) in [6.45, 7) is 0.556. The molecule has 1 aromatic carbocycles. The normalized spacial score (nSPS) is 22.7. The number of Topliss-reactive ketones (excluding diaryl/α,β-unsaturated/α-hetero) is 1. The lowest BCUT2D eigenvalue weighted by Crippen LogP contribution is -2.24. The summed E-state index contributed by atoms with van der Waals surface area (Å²) in [6, 6.07) is 11.8. The van der Waals surface area contributed by atoms with E-state index >= 15 is 0 Å². The van der Waals surface area contributed by atoms with E-state index in [2.05, 4.69) is 6.07 Å². The van der Waals surface area contributed by atoms with Crippen LogP contribution < -0.4 is 4.74 Å². The van der Waals surface area contributed by atoms with Gasteiger partial charge in [-0.25, -0.2) is 0 Å². The number of hydrogen-bond acceptors (Lipinski definition) is 3. The Hall–Kier alpha value is -1.82. The molecule has 1 saturated carbocycles. The van der Waals surface area contributed by atoms with E-state index in [1.807, 2.05) is 30.3 Å². The molecule has 94 valence electrons. The Labute approximate surface area is 107 Å². The van der Waals surface area contributed by atoms with Gasteiger partial charge in [-0.15, -0.1) is 0 Å². The molecule has 0 aromatic heterocycles. The van der Waals surface area contributed by atoms with Crippen molar-refractivity contribution in [1.29, 1.82) is 5.26 Å². The quantitative estimate of drug-likeness (QED) is 0.746. The second-order valence-corrected chi connectivity index (χ2v) is 4.74. The van der Waals surface area contributed by atoms with Crippen LogP contribution in [0.5, 0.6) is 5.75 Å². The first-order valence-electron chi connectivity index (χ1n) is 6.39. The highest BCUT2D eigenvalue weighted by Crippen LogP contribution is 2.38. The molecule has 2 rings (SSSR count).